The predicted molar refractivity (Wildman–Crippen MR) is 66.8 cm³/mol. The molecule has 0 spiro atoms. The molecule has 9 heteroatoms. The number of hydrogen-bond acceptors (Lipinski definition) is 5. The molecule has 0 aliphatic rings. The normalized spacial score (nSPS) is 11.8. The lowest BCUT2D eigenvalue weighted by atomic mass is 10.3. The van der Waals surface area contributed by atoms with E-state index in [4.69, 9.17) is 0 Å². The third-order valence-corrected chi connectivity index (χ3v) is 4.39. The zero-order valence-corrected chi connectivity index (χ0v) is 11.3. The molecule has 0 atom stereocenters. The summed E-state index contributed by atoms with van der Waals surface area (Å²) in [6.07, 6.45) is 0. The third kappa shape index (κ3) is 3.25. The van der Waals surface area contributed by atoms with Crippen LogP contribution in [0, 0.1) is 15.9 Å². The van der Waals surface area contributed by atoms with Crippen LogP contribution in [-0.2, 0) is 10.0 Å². The number of rotatable bonds is 6. The van der Waals surface area contributed by atoms with Crippen LogP contribution >= 0.6 is 0 Å². The van der Waals surface area contributed by atoms with Crippen LogP contribution < -0.4 is 5.32 Å². The second kappa shape index (κ2) is 6.04. The highest BCUT2D eigenvalue weighted by molar-refractivity contribution is 7.89. The topological polar surface area (TPSA) is 92.6 Å². The molecule has 0 aliphatic heterocycles. The van der Waals surface area contributed by atoms with E-state index in [1.54, 1.807) is 7.05 Å². The molecule has 1 rings (SSSR count). The Morgan fingerprint density at radius 3 is 2.63 bits per heavy atom. The van der Waals surface area contributed by atoms with Gasteiger partial charge in [0.2, 0.25) is 15.8 Å². The molecule has 0 aromatic heterocycles. The van der Waals surface area contributed by atoms with Gasteiger partial charge in [0.1, 0.15) is 0 Å². The molecule has 0 radical (unpaired) electrons. The van der Waals surface area contributed by atoms with Gasteiger partial charge in [-0.2, -0.15) is 8.70 Å². The fraction of sp³-hybridized carbons (Fsp3) is 0.400. The average Bonchev–Trinajstić information content (AvgIpc) is 2.34. The molecule has 1 N–H and O–H groups in total. The molecule has 0 amide bonds. The Bertz CT molecular complexity index is 576. The standard InChI is InChI=1S/C10H14FN3O4S/c1-12-6-7-13(2)19(17,18)9-5-3-4-8(11)10(9)14(15)16/h3-5,12H,6-7H2,1-2H3. The molecular weight excluding hydrogens is 277 g/mol. The fourth-order valence-corrected chi connectivity index (χ4v) is 2.77. The molecule has 1 aromatic carbocycles. The molecule has 1 aromatic rings. The van der Waals surface area contributed by atoms with Gasteiger partial charge in [0.15, 0.2) is 4.90 Å². The van der Waals surface area contributed by atoms with Gasteiger partial charge >= 0.3 is 5.69 Å². The zero-order chi connectivity index (χ0) is 14.6. The van der Waals surface area contributed by atoms with E-state index in [9.17, 15) is 22.9 Å². The lowest BCUT2D eigenvalue weighted by molar-refractivity contribution is -0.390. The van der Waals surface area contributed by atoms with E-state index in [0.717, 1.165) is 22.5 Å². The quantitative estimate of drug-likeness (QED) is 0.611. The van der Waals surface area contributed by atoms with Crippen LogP contribution in [0.2, 0.25) is 0 Å². The molecule has 19 heavy (non-hydrogen) atoms. The summed E-state index contributed by atoms with van der Waals surface area (Å²) in [4.78, 5) is 9.12. The fourth-order valence-electron chi connectivity index (χ4n) is 1.44. The van der Waals surface area contributed by atoms with Crippen molar-refractivity contribution < 1.29 is 17.7 Å². The van der Waals surface area contributed by atoms with Crippen molar-refractivity contribution in [3.63, 3.8) is 0 Å². The van der Waals surface area contributed by atoms with Gasteiger partial charge in [0, 0.05) is 20.1 Å². The minimum atomic E-state index is -4.10. The largest absolute Gasteiger partial charge is 0.324 e. The second-order valence-electron chi connectivity index (χ2n) is 3.77. The maximum absolute atomic E-state index is 13.4. The summed E-state index contributed by atoms with van der Waals surface area (Å²) >= 11 is 0. The van der Waals surface area contributed by atoms with Gasteiger partial charge < -0.3 is 5.32 Å². The van der Waals surface area contributed by atoms with E-state index in [2.05, 4.69) is 5.32 Å². The summed E-state index contributed by atoms with van der Waals surface area (Å²) in [5.74, 6) is -1.17. The van der Waals surface area contributed by atoms with Crippen LogP contribution in [-0.4, -0.2) is 44.8 Å². The molecular formula is C10H14FN3O4S. The lowest BCUT2D eigenvalue weighted by Gasteiger charge is -2.16. The molecule has 0 saturated heterocycles. The van der Waals surface area contributed by atoms with E-state index >= 15 is 0 Å². The number of hydrogen-bond donors (Lipinski definition) is 1. The summed E-state index contributed by atoms with van der Waals surface area (Å²) in [5.41, 5.74) is -1.03. The minimum Gasteiger partial charge on any atom is -0.318 e. The van der Waals surface area contributed by atoms with Gasteiger partial charge in [0.05, 0.1) is 4.92 Å². The highest BCUT2D eigenvalue weighted by atomic mass is 32.2. The first-order valence-electron chi connectivity index (χ1n) is 5.36. The molecule has 7 nitrogen and oxygen atoms in total. The van der Waals surface area contributed by atoms with Gasteiger partial charge in [-0.15, -0.1) is 0 Å². The van der Waals surface area contributed by atoms with E-state index in [1.165, 1.54) is 7.05 Å². The van der Waals surface area contributed by atoms with Gasteiger partial charge in [0.25, 0.3) is 0 Å². The maximum atomic E-state index is 13.4. The summed E-state index contributed by atoms with van der Waals surface area (Å²) in [6, 6.07) is 3.00. The number of nitrogens with one attached hydrogen (secondary N) is 1. The SMILES string of the molecule is CNCCN(C)S(=O)(=O)c1cccc(F)c1[N+](=O)[O-]. The van der Waals surface area contributed by atoms with Crippen molar-refractivity contribution in [1.29, 1.82) is 0 Å². The van der Waals surface area contributed by atoms with E-state index < -0.39 is 31.3 Å². The summed E-state index contributed by atoms with van der Waals surface area (Å²) in [5, 5.41) is 13.6. The first-order valence-corrected chi connectivity index (χ1v) is 6.80. The number of nitro benzene ring substituents is 1. The molecule has 0 saturated carbocycles. The van der Waals surface area contributed by atoms with Crippen LogP contribution in [0.4, 0.5) is 10.1 Å². The first-order chi connectivity index (χ1) is 8.82. The Kier molecular flexibility index (Phi) is 4.92. The maximum Gasteiger partial charge on any atom is 0.324 e. The molecule has 0 heterocycles. The Labute approximate surface area is 110 Å². The predicted octanol–water partition coefficient (Wildman–Crippen LogP) is 0.574. The molecule has 106 valence electrons. The number of para-hydroxylation sites is 1. The van der Waals surface area contributed by atoms with Crippen LogP contribution in [0.15, 0.2) is 23.1 Å². The molecule has 0 aliphatic carbocycles. The van der Waals surface area contributed by atoms with Gasteiger partial charge in [-0.25, -0.2) is 8.42 Å². The molecule has 0 bridgehead atoms. The minimum absolute atomic E-state index is 0.118. The van der Waals surface area contributed by atoms with Crippen molar-refractivity contribution in [3.8, 4) is 0 Å². The van der Waals surface area contributed by atoms with E-state index in [0.29, 0.717) is 6.54 Å². The van der Waals surface area contributed by atoms with Crippen LogP contribution in [0.5, 0.6) is 0 Å². The van der Waals surface area contributed by atoms with E-state index in [1.807, 2.05) is 0 Å². The van der Waals surface area contributed by atoms with Crippen molar-refractivity contribution in [2.24, 2.45) is 0 Å². The van der Waals surface area contributed by atoms with Crippen molar-refractivity contribution in [2.75, 3.05) is 27.2 Å². The van der Waals surface area contributed by atoms with Crippen LogP contribution in [0.3, 0.4) is 0 Å². The van der Waals surface area contributed by atoms with Crippen molar-refractivity contribution in [1.82, 2.24) is 9.62 Å². The van der Waals surface area contributed by atoms with Gasteiger partial charge in [-0.3, -0.25) is 10.1 Å². The highest BCUT2D eigenvalue weighted by Gasteiger charge is 2.31. The Hall–Kier alpha value is -1.58. The number of halogens is 1. The van der Waals surface area contributed by atoms with E-state index in [-0.39, 0.29) is 6.54 Å². The average molecular weight is 291 g/mol. The summed E-state index contributed by atoms with van der Waals surface area (Å²) < 4.78 is 38.6. The first kappa shape index (κ1) is 15.5. The summed E-state index contributed by atoms with van der Waals surface area (Å²) in [6.45, 7) is 0.491. The molecule has 0 fully saturated rings. The third-order valence-electron chi connectivity index (χ3n) is 2.50. The lowest BCUT2D eigenvalue weighted by Crippen LogP contribution is -2.33. The monoisotopic (exact) mass is 291 g/mol. The Morgan fingerprint density at radius 2 is 2.11 bits per heavy atom. The molecule has 0 unspecified atom stereocenters. The number of sulfonamides is 1. The highest BCUT2D eigenvalue weighted by Crippen LogP contribution is 2.28. The number of nitro groups is 1. The van der Waals surface area contributed by atoms with Crippen molar-refractivity contribution in [2.45, 2.75) is 4.90 Å². The van der Waals surface area contributed by atoms with Gasteiger partial charge in [-0.1, -0.05) is 6.07 Å². The van der Waals surface area contributed by atoms with Gasteiger partial charge in [-0.05, 0) is 19.2 Å². The van der Waals surface area contributed by atoms with Crippen LogP contribution in [0.1, 0.15) is 0 Å². The smallest absolute Gasteiger partial charge is 0.318 e. The summed E-state index contributed by atoms with van der Waals surface area (Å²) in [7, 11) is -1.17. The second-order valence-corrected chi connectivity index (χ2v) is 5.79. The van der Waals surface area contributed by atoms with Crippen molar-refractivity contribution in [3.05, 3.63) is 34.1 Å². The van der Waals surface area contributed by atoms with Crippen molar-refractivity contribution >= 4 is 15.7 Å². The number of benzene rings is 1. The number of nitrogens with zero attached hydrogens (tertiary/aromatic N) is 2. The Morgan fingerprint density at radius 1 is 1.47 bits per heavy atom. The Balaban J connectivity index is 3.29. The van der Waals surface area contributed by atoms with Crippen LogP contribution in [0.25, 0.3) is 0 Å². The number of likely N-dealkylation sites (N-methyl/N-ethyl adjacent to an activating group) is 2. The zero-order valence-electron chi connectivity index (χ0n) is 10.5.